The third kappa shape index (κ3) is 2.86. The van der Waals surface area contributed by atoms with Crippen molar-refractivity contribution in [2.75, 3.05) is 11.5 Å². The SMILES string of the molecule is CC(NC(=O)NC1CCSC1)(C(=O)O)C1CC1. The Morgan fingerprint density at radius 2 is 2.06 bits per heavy atom. The maximum Gasteiger partial charge on any atom is 0.329 e. The molecule has 0 aromatic rings. The quantitative estimate of drug-likeness (QED) is 0.704. The molecule has 96 valence electrons. The Labute approximate surface area is 105 Å². The molecule has 1 aliphatic heterocycles. The summed E-state index contributed by atoms with van der Waals surface area (Å²) in [5.74, 6) is 1.10. The minimum Gasteiger partial charge on any atom is -0.480 e. The molecule has 3 N–H and O–H groups in total. The molecule has 2 aliphatic rings. The van der Waals surface area contributed by atoms with Gasteiger partial charge >= 0.3 is 12.0 Å². The molecule has 6 heteroatoms. The number of aliphatic carboxylic acids is 1. The standard InChI is InChI=1S/C11H18N2O3S/c1-11(9(14)15,7-2-3-7)13-10(16)12-8-4-5-17-6-8/h7-8H,2-6H2,1H3,(H,14,15)(H2,12,13,16). The van der Waals surface area contributed by atoms with E-state index in [1.807, 2.05) is 11.8 Å². The zero-order chi connectivity index (χ0) is 12.5. The molecule has 1 heterocycles. The molecule has 0 bridgehead atoms. The van der Waals surface area contributed by atoms with Gasteiger partial charge < -0.3 is 15.7 Å². The third-order valence-electron chi connectivity index (χ3n) is 3.48. The lowest BCUT2D eigenvalue weighted by molar-refractivity contribution is -0.144. The van der Waals surface area contributed by atoms with Gasteiger partial charge in [0.25, 0.3) is 0 Å². The van der Waals surface area contributed by atoms with E-state index in [0.717, 1.165) is 30.8 Å². The molecule has 2 atom stereocenters. The molecule has 5 nitrogen and oxygen atoms in total. The molecule has 1 aliphatic carbocycles. The number of carboxylic acid groups (broad SMARTS) is 1. The summed E-state index contributed by atoms with van der Waals surface area (Å²) in [6.07, 6.45) is 2.72. The number of carboxylic acids is 1. The molecule has 0 aromatic carbocycles. The van der Waals surface area contributed by atoms with Gasteiger partial charge in [-0.25, -0.2) is 9.59 Å². The van der Waals surface area contributed by atoms with Crippen molar-refractivity contribution in [2.24, 2.45) is 5.92 Å². The number of thioether (sulfide) groups is 1. The van der Waals surface area contributed by atoms with Gasteiger partial charge in [-0.05, 0) is 37.9 Å². The summed E-state index contributed by atoms with van der Waals surface area (Å²) < 4.78 is 0. The molecule has 2 amide bonds. The minimum absolute atomic E-state index is 0.0729. The molecule has 17 heavy (non-hydrogen) atoms. The van der Waals surface area contributed by atoms with Crippen LogP contribution in [0.3, 0.4) is 0 Å². The first-order chi connectivity index (χ1) is 8.02. The molecule has 0 radical (unpaired) electrons. The van der Waals surface area contributed by atoms with Crippen molar-refractivity contribution >= 4 is 23.8 Å². The summed E-state index contributed by atoms with van der Waals surface area (Å²) >= 11 is 1.81. The molecule has 1 saturated carbocycles. The van der Waals surface area contributed by atoms with Crippen molar-refractivity contribution < 1.29 is 14.7 Å². The second kappa shape index (κ2) is 4.76. The first-order valence-electron chi connectivity index (χ1n) is 5.92. The Morgan fingerprint density at radius 1 is 1.35 bits per heavy atom. The fourth-order valence-corrected chi connectivity index (χ4v) is 3.25. The van der Waals surface area contributed by atoms with Crippen LogP contribution in [0.15, 0.2) is 0 Å². The first-order valence-corrected chi connectivity index (χ1v) is 7.07. The Hall–Kier alpha value is -0.910. The second-order valence-electron chi connectivity index (χ2n) is 4.94. The highest BCUT2D eigenvalue weighted by molar-refractivity contribution is 7.99. The summed E-state index contributed by atoms with van der Waals surface area (Å²) in [6, 6.07) is -0.174. The van der Waals surface area contributed by atoms with Crippen molar-refractivity contribution in [3.05, 3.63) is 0 Å². The average molecular weight is 258 g/mol. The van der Waals surface area contributed by atoms with Gasteiger partial charge in [-0.2, -0.15) is 11.8 Å². The number of rotatable bonds is 4. The number of carbonyl (C=O) groups excluding carboxylic acids is 1. The Balaban J connectivity index is 1.89. The van der Waals surface area contributed by atoms with Crippen LogP contribution < -0.4 is 10.6 Å². The van der Waals surface area contributed by atoms with E-state index in [2.05, 4.69) is 10.6 Å². The highest BCUT2D eigenvalue weighted by Crippen LogP contribution is 2.39. The van der Waals surface area contributed by atoms with E-state index in [1.165, 1.54) is 0 Å². The van der Waals surface area contributed by atoms with Crippen molar-refractivity contribution in [2.45, 2.75) is 37.8 Å². The van der Waals surface area contributed by atoms with E-state index >= 15 is 0 Å². The lowest BCUT2D eigenvalue weighted by atomic mass is 9.96. The van der Waals surface area contributed by atoms with Crippen LogP contribution >= 0.6 is 11.8 Å². The fourth-order valence-electron chi connectivity index (χ4n) is 2.10. The lowest BCUT2D eigenvalue weighted by Crippen LogP contribution is -2.58. The Kier molecular flexibility index (Phi) is 3.51. The lowest BCUT2D eigenvalue weighted by Gasteiger charge is -2.27. The van der Waals surface area contributed by atoms with Crippen LogP contribution in [0.5, 0.6) is 0 Å². The summed E-state index contributed by atoms with van der Waals surface area (Å²) in [7, 11) is 0. The van der Waals surface area contributed by atoms with Gasteiger partial charge in [0, 0.05) is 11.8 Å². The van der Waals surface area contributed by atoms with Crippen LogP contribution in [0.1, 0.15) is 26.2 Å². The van der Waals surface area contributed by atoms with Crippen molar-refractivity contribution in [3.63, 3.8) is 0 Å². The highest BCUT2D eigenvalue weighted by atomic mass is 32.2. The van der Waals surface area contributed by atoms with Crippen LogP contribution in [-0.4, -0.2) is 40.2 Å². The maximum absolute atomic E-state index is 11.8. The van der Waals surface area contributed by atoms with Gasteiger partial charge in [-0.3, -0.25) is 0 Å². The second-order valence-corrected chi connectivity index (χ2v) is 6.09. The zero-order valence-electron chi connectivity index (χ0n) is 9.86. The number of hydrogen-bond donors (Lipinski definition) is 3. The summed E-state index contributed by atoms with van der Waals surface area (Å²) in [4.78, 5) is 23.0. The number of urea groups is 1. The van der Waals surface area contributed by atoms with Crippen LogP contribution in [0.25, 0.3) is 0 Å². The van der Waals surface area contributed by atoms with Crippen LogP contribution in [0, 0.1) is 5.92 Å². The fraction of sp³-hybridized carbons (Fsp3) is 0.818. The van der Waals surface area contributed by atoms with E-state index in [1.54, 1.807) is 6.92 Å². The van der Waals surface area contributed by atoms with Crippen LogP contribution in [0.4, 0.5) is 4.79 Å². The number of amides is 2. The molecule has 0 aromatic heterocycles. The smallest absolute Gasteiger partial charge is 0.329 e. The van der Waals surface area contributed by atoms with Crippen molar-refractivity contribution in [3.8, 4) is 0 Å². The van der Waals surface area contributed by atoms with Gasteiger partial charge in [0.2, 0.25) is 0 Å². The Bertz CT molecular complexity index is 327. The van der Waals surface area contributed by atoms with E-state index in [4.69, 9.17) is 0 Å². The van der Waals surface area contributed by atoms with Crippen molar-refractivity contribution in [1.82, 2.24) is 10.6 Å². The van der Waals surface area contributed by atoms with E-state index in [-0.39, 0.29) is 18.0 Å². The average Bonchev–Trinajstić information content (AvgIpc) is 2.99. The van der Waals surface area contributed by atoms with Crippen LogP contribution in [-0.2, 0) is 4.79 Å². The number of hydrogen-bond acceptors (Lipinski definition) is 3. The summed E-state index contributed by atoms with van der Waals surface area (Å²) in [6.45, 7) is 1.59. The molecule has 2 unspecified atom stereocenters. The largest absolute Gasteiger partial charge is 0.480 e. The van der Waals surface area contributed by atoms with Gasteiger partial charge in [0.15, 0.2) is 0 Å². The van der Waals surface area contributed by atoms with E-state index < -0.39 is 11.5 Å². The molecule has 2 fully saturated rings. The maximum atomic E-state index is 11.8. The number of nitrogens with one attached hydrogen (secondary N) is 2. The molecular formula is C11H18N2O3S. The zero-order valence-corrected chi connectivity index (χ0v) is 10.7. The molecule has 2 rings (SSSR count). The first kappa shape index (κ1) is 12.5. The summed E-state index contributed by atoms with van der Waals surface area (Å²) in [5, 5.41) is 14.7. The molecule has 1 saturated heterocycles. The van der Waals surface area contributed by atoms with E-state index in [0.29, 0.717) is 0 Å². The topological polar surface area (TPSA) is 78.4 Å². The predicted molar refractivity (Wildman–Crippen MR) is 66.2 cm³/mol. The minimum atomic E-state index is -1.12. The van der Waals surface area contributed by atoms with Gasteiger partial charge in [0.05, 0.1) is 0 Å². The van der Waals surface area contributed by atoms with Crippen LogP contribution in [0.2, 0.25) is 0 Å². The van der Waals surface area contributed by atoms with Gasteiger partial charge in [-0.1, -0.05) is 0 Å². The monoisotopic (exact) mass is 258 g/mol. The third-order valence-corrected chi connectivity index (χ3v) is 4.64. The van der Waals surface area contributed by atoms with Gasteiger partial charge in [0.1, 0.15) is 5.54 Å². The number of carbonyl (C=O) groups is 2. The van der Waals surface area contributed by atoms with E-state index in [9.17, 15) is 14.7 Å². The predicted octanol–water partition coefficient (Wildman–Crippen LogP) is 1.04. The van der Waals surface area contributed by atoms with Gasteiger partial charge in [-0.15, -0.1) is 0 Å². The molecular weight excluding hydrogens is 240 g/mol. The Morgan fingerprint density at radius 3 is 2.53 bits per heavy atom. The highest BCUT2D eigenvalue weighted by Gasteiger charge is 2.48. The molecule has 0 spiro atoms. The van der Waals surface area contributed by atoms with Crippen molar-refractivity contribution in [1.29, 1.82) is 0 Å². The normalized spacial score (nSPS) is 27.2. The summed E-state index contributed by atoms with van der Waals surface area (Å²) in [5.41, 5.74) is -1.12.